The Morgan fingerprint density at radius 3 is 2.93 bits per heavy atom. The molecule has 0 amide bonds. The lowest BCUT2D eigenvalue weighted by atomic mass is 10.1. The predicted molar refractivity (Wildman–Crippen MR) is 63.2 cm³/mol. The number of fused-ring (bicyclic) bond motifs is 1. The van der Waals surface area contributed by atoms with Crippen molar-refractivity contribution < 1.29 is 0 Å². The Bertz CT molecular complexity index is 476. The van der Waals surface area contributed by atoms with Gasteiger partial charge in [0.2, 0.25) is 0 Å². The lowest BCUT2D eigenvalue weighted by Gasteiger charge is -2.02. The van der Waals surface area contributed by atoms with E-state index < -0.39 is 0 Å². The fourth-order valence-corrected chi connectivity index (χ4v) is 1.99. The minimum Gasteiger partial charge on any atom is -0.330 e. The molecule has 15 heavy (non-hydrogen) atoms. The van der Waals surface area contributed by atoms with E-state index in [1.165, 1.54) is 5.69 Å². The number of halogens is 1. The number of nitrogens with zero attached hydrogens (tertiary/aromatic N) is 2. The van der Waals surface area contributed by atoms with Crippen LogP contribution in [0.15, 0.2) is 18.2 Å². The van der Waals surface area contributed by atoms with Crippen LogP contribution in [0.5, 0.6) is 0 Å². The van der Waals surface area contributed by atoms with Crippen LogP contribution in [-0.2, 0) is 13.0 Å². The van der Waals surface area contributed by atoms with Gasteiger partial charge in [-0.2, -0.15) is 5.10 Å². The fraction of sp³-hybridized carbons (Fsp3) is 0.364. The average Bonchev–Trinajstić information content (AvgIpc) is 2.57. The number of aryl methyl sites for hydroxylation is 1. The molecule has 1 aromatic heterocycles. The van der Waals surface area contributed by atoms with Gasteiger partial charge >= 0.3 is 0 Å². The summed E-state index contributed by atoms with van der Waals surface area (Å²) in [6.07, 6.45) is 0.838. The molecule has 3 nitrogen and oxygen atoms in total. The number of aromatic nitrogens is 2. The summed E-state index contributed by atoms with van der Waals surface area (Å²) in [6, 6.07) is 5.77. The maximum atomic E-state index is 5.97. The van der Waals surface area contributed by atoms with Crippen molar-refractivity contribution in [1.82, 2.24) is 9.78 Å². The van der Waals surface area contributed by atoms with Crippen LogP contribution in [0.1, 0.15) is 12.6 Å². The van der Waals surface area contributed by atoms with Gasteiger partial charge in [-0.1, -0.05) is 11.6 Å². The third kappa shape index (κ3) is 1.85. The Hall–Kier alpha value is -1.06. The van der Waals surface area contributed by atoms with Crippen LogP contribution in [0, 0.1) is 0 Å². The monoisotopic (exact) mass is 223 g/mol. The first-order valence-corrected chi connectivity index (χ1v) is 5.49. The second-order valence-corrected chi connectivity index (χ2v) is 3.90. The van der Waals surface area contributed by atoms with Gasteiger partial charge in [-0.15, -0.1) is 0 Å². The fourth-order valence-electron chi connectivity index (χ4n) is 1.82. The Kier molecular flexibility index (Phi) is 2.93. The molecule has 0 saturated heterocycles. The molecule has 4 heteroatoms. The van der Waals surface area contributed by atoms with Crippen LogP contribution >= 0.6 is 11.6 Å². The third-order valence-corrected chi connectivity index (χ3v) is 2.73. The summed E-state index contributed by atoms with van der Waals surface area (Å²) >= 11 is 5.97. The molecule has 0 bridgehead atoms. The molecule has 2 aromatic rings. The largest absolute Gasteiger partial charge is 0.330 e. The van der Waals surface area contributed by atoms with Crippen molar-refractivity contribution in [3.8, 4) is 0 Å². The van der Waals surface area contributed by atoms with Crippen molar-refractivity contribution in [2.24, 2.45) is 5.73 Å². The molecule has 0 aliphatic rings. The third-order valence-electron chi connectivity index (χ3n) is 2.49. The zero-order valence-electron chi connectivity index (χ0n) is 8.70. The first kappa shape index (κ1) is 10.5. The van der Waals surface area contributed by atoms with E-state index in [4.69, 9.17) is 17.3 Å². The van der Waals surface area contributed by atoms with Crippen LogP contribution in [-0.4, -0.2) is 16.3 Å². The smallest absolute Gasteiger partial charge is 0.0927 e. The summed E-state index contributed by atoms with van der Waals surface area (Å²) in [5.74, 6) is 0. The topological polar surface area (TPSA) is 43.8 Å². The second-order valence-electron chi connectivity index (χ2n) is 3.46. The molecule has 0 atom stereocenters. The van der Waals surface area contributed by atoms with Gasteiger partial charge in [0.25, 0.3) is 0 Å². The van der Waals surface area contributed by atoms with Crippen molar-refractivity contribution in [2.75, 3.05) is 6.54 Å². The van der Waals surface area contributed by atoms with Crippen molar-refractivity contribution >= 4 is 22.5 Å². The van der Waals surface area contributed by atoms with Crippen LogP contribution in [0.4, 0.5) is 0 Å². The molecule has 80 valence electrons. The summed E-state index contributed by atoms with van der Waals surface area (Å²) in [4.78, 5) is 0. The van der Waals surface area contributed by atoms with Crippen LogP contribution in [0.3, 0.4) is 0 Å². The second kappa shape index (κ2) is 4.21. The molecule has 0 spiro atoms. The highest BCUT2D eigenvalue weighted by Gasteiger charge is 2.09. The van der Waals surface area contributed by atoms with Crippen molar-refractivity contribution in [2.45, 2.75) is 19.9 Å². The highest BCUT2D eigenvalue weighted by Crippen LogP contribution is 2.22. The van der Waals surface area contributed by atoms with Gasteiger partial charge < -0.3 is 5.73 Å². The number of hydrogen-bond acceptors (Lipinski definition) is 2. The first-order chi connectivity index (χ1) is 7.26. The van der Waals surface area contributed by atoms with E-state index >= 15 is 0 Å². The minimum atomic E-state index is 0.632. The van der Waals surface area contributed by atoms with Crippen LogP contribution < -0.4 is 5.73 Å². The average molecular weight is 224 g/mol. The Morgan fingerprint density at radius 2 is 2.27 bits per heavy atom. The zero-order valence-corrected chi connectivity index (χ0v) is 9.46. The molecule has 0 radical (unpaired) electrons. The molecular formula is C11H14ClN3. The number of nitrogens with two attached hydrogens (primary N) is 1. The summed E-state index contributed by atoms with van der Waals surface area (Å²) in [5, 5.41) is 6.36. The Morgan fingerprint density at radius 1 is 1.47 bits per heavy atom. The Labute approximate surface area is 93.8 Å². The summed E-state index contributed by atoms with van der Waals surface area (Å²) in [7, 11) is 0. The number of rotatable bonds is 3. The SMILES string of the molecule is CCn1nc2ccc(Cl)cc2c1CCN. The number of benzene rings is 1. The van der Waals surface area contributed by atoms with E-state index in [0.29, 0.717) is 6.54 Å². The van der Waals surface area contributed by atoms with E-state index in [-0.39, 0.29) is 0 Å². The van der Waals surface area contributed by atoms with E-state index in [1.54, 1.807) is 0 Å². The summed E-state index contributed by atoms with van der Waals surface area (Å²) in [5.41, 5.74) is 7.77. The lowest BCUT2D eigenvalue weighted by molar-refractivity contribution is 0.628. The van der Waals surface area contributed by atoms with E-state index in [1.807, 2.05) is 22.9 Å². The predicted octanol–water partition coefficient (Wildman–Crippen LogP) is 2.21. The van der Waals surface area contributed by atoms with Crippen molar-refractivity contribution in [1.29, 1.82) is 0 Å². The van der Waals surface area contributed by atoms with Crippen LogP contribution in [0.2, 0.25) is 5.02 Å². The molecule has 0 aliphatic carbocycles. The zero-order chi connectivity index (χ0) is 10.8. The maximum absolute atomic E-state index is 5.97. The molecule has 1 heterocycles. The quantitative estimate of drug-likeness (QED) is 0.867. The van der Waals surface area contributed by atoms with Crippen molar-refractivity contribution in [3.63, 3.8) is 0 Å². The van der Waals surface area contributed by atoms with Gasteiger partial charge in [-0.25, -0.2) is 0 Å². The van der Waals surface area contributed by atoms with E-state index in [0.717, 1.165) is 28.9 Å². The number of hydrogen-bond donors (Lipinski definition) is 1. The first-order valence-electron chi connectivity index (χ1n) is 5.11. The molecule has 0 fully saturated rings. The maximum Gasteiger partial charge on any atom is 0.0927 e. The van der Waals surface area contributed by atoms with Gasteiger partial charge in [0.1, 0.15) is 0 Å². The highest BCUT2D eigenvalue weighted by atomic mass is 35.5. The van der Waals surface area contributed by atoms with Gasteiger partial charge in [-0.3, -0.25) is 4.68 Å². The Balaban J connectivity index is 2.65. The molecule has 0 aliphatic heterocycles. The van der Waals surface area contributed by atoms with Gasteiger partial charge in [-0.05, 0) is 31.7 Å². The summed E-state index contributed by atoms with van der Waals surface area (Å²) < 4.78 is 1.99. The summed E-state index contributed by atoms with van der Waals surface area (Å²) in [6.45, 7) is 3.57. The van der Waals surface area contributed by atoms with Gasteiger partial charge in [0, 0.05) is 29.1 Å². The van der Waals surface area contributed by atoms with Gasteiger partial charge in [0.15, 0.2) is 0 Å². The normalized spacial score (nSPS) is 11.1. The van der Waals surface area contributed by atoms with Gasteiger partial charge in [0.05, 0.1) is 5.52 Å². The van der Waals surface area contributed by atoms with Crippen LogP contribution in [0.25, 0.3) is 10.9 Å². The molecule has 0 unspecified atom stereocenters. The lowest BCUT2D eigenvalue weighted by Crippen LogP contribution is -2.09. The van der Waals surface area contributed by atoms with E-state index in [2.05, 4.69) is 12.0 Å². The van der Waals surface area contributed by atoms with E-state index in [9.17, 15) is 0 Å². The molecule has 0 saturated carbocycles. The van der Waals surface area contributed by atoms with Crippen molar-refractivity contribution in [3.05, 3.63) is 28.9 Å². The molecule has 2 rings (SSSR count). The highest BCUT2D eigenvalue weighted by molar-refractivity contribution is 6.31. The molecule has 1 aromatic carbocycles. The molecule has 2 N–H and O–H groups in total. The minimum absolute atomic E-state index is 0.632. The molecular weight excluding hydrogens is 210 g/mol. The standard InChI is InChI=1S/C11H14ClN3/c1-2-15-11(5-6-13)9-7-8(12)3-4-10(9)14-15/h3-4,7H,2,5-6,13H2,1H3.